The van der Waals surface area contributed by atoms with Crippen LogP contribution < -0.4 is 10.6 Å². The molecule has 2 aromatic carbocycles. The van der Waals surface area contributed by atoms with Crippen LogP contribution >= 0.6 is 23.2 Å². The van der Waals surface area contributed by atoms with Crippen LogP contribution in [-0.2, 0) is 10.2 Å². The third kappa shape index (κ3) is 3.37. The molecule has 2 heterocycles. The normalized spacial score (nSPS) is 27.9. The third-order valence-corrected chi connectivity index (χ3v) is 6.87. The Morgan fingerprint density at radius 2 is 2.00 bits per heavy atom. The van der Waals surface area contributed by atoms with E-state index >= 15 is 4.39 Å². The van der Waals surface area contributed by atoms with Crippen LogP contribution in [0.15, 0.2) is 36.4 Å². The van der Waals surface area contributed by atoms with E-state index in [1.54, 1.807) is 12.1 Å². The maximum atomic E-state index is 15.2. The molecule has 3 N–H and O–H groups in total. The number of carbonyl (C=O) groups is 1. The second-order valence-electron chi connectivity index (χ2n) is 9.50. The van der Waals surface area contributed by atoms with Crippen molar-refractivity contribution in [3.63, 3.8) is 0 Å². The van der Waals surface area contributed by atoms with Crippen molar-refractivity contribution in [3.8, 4) is 0 Å². The molecule has 2 aromatic rings. The van der Waals surface area contributed by atoms with E-state index in [0.29, 0.717) is 17.1 Å². The molecular weight excluding hydrogens is 426 g/mol. The van der Waals surface area contributed by atoms with E-state index in [1.807, 2.05) is 18.2 Å². The topological polar surface area (TPSA) is 61.4 Å². The fourth-order valence-corrected chi connectivity index (χ4v) is 5.61. The number of halogens is 3. The zero-order valence-electron chi connectivity index (χ0n) is 17.1. The minimum Gasteiger partial charge on any atom is -0.480 e. The SMILES string of the molecule is CC(C)(C)C[C@@H]1N[C@@H](C(=O)O)[C@H](c2cccc(Cl)c2F)[C@]12CNc1cc(Cl)ccc12. The lowest BCUT2D eigenvalue weighted by Crippen LogP contribution is -2.46. The number of fused-ring (bicyclic) bond motifs is 2. The molecule has 0 aliphatic carbocycles. The molecule has 4 rings (SSSR count). The smallest absolute Gasteiger partial charge is 0.321 e. The summed E-state index contributed by atoms with van der Waals surface area (Å²) < 4.78 is 15.2. The van der Waals surface area contributed by atoms with Crippen LogP contribution in [0.2, 0.25) is 10.0 Å². The van der Waals surface area contributed by atoms with E-state index in [2.05, 4.69) is 31.4 Å². The first-order chi connectivity index (χ1) is 14.0. The summed E-state index contributed by atoms with van der Waals surface area (Å²) in [6.07, 6.45) is 0.721. The molecule has 0 unspecified atom stereocenters. The number of hydrogen-bond acceptors (Lipinski definition) is 3. The highest BCUT2D eigenvalue weighted by Crippen LogP contribution is 2.56. The standard InChI is InChI=1S/C23H25Cl2FN2O2/c1-22(2,3)10-17-23(11-27-16-9-12(24)7-8-14(16)23)18(20(28-17)21(29)30)13-5-4-6-15(25)19(13)26/h4-9,17-18,20,27-28H,10-11H2,1-3H3,(H,29,30)/t17-,18-,20+,23-/m0/s1. The molecule has 2 aliphatic rings. The van der Waals surface area contributed by atoms with Gasteiger partial charge in [-0.1, -0.05) is 62.2 Å². The van der Waals surface area contributed by atoms with E-state index in [1.165, 1.54) is 6.07 Å². The average molecular weight is 451 g/mol. The Morgan fingerprint density at radius 1 is 1.27 bits per heavy atom. The van der Waals surface area contributed by atoms with Gasteiger partial charge in [-0.3, -0.25) is 4.79 Å². The number of carboxylic acids is 1. The maximum absolute atomic E-state index is 15.2. The molecule has 0 saturated carbocycles. The van der Waals surface area contributed by atoms with E-state index in [-0.39, 0.29) is 16.5 Å². The van der Waals surface area contributed by atoms with Crippen molar-refractivity contribution in [1.29, 1.82) is 0 Å². The van der Waals surface area contributed by atoms with Crippen molar-refractivity contribution >= 4 is 34.9 Å². The molecular formula is C23H25Cl2FN2O2. The Bertz CT molecular complexity index is 1010. The van der Waals surface area contributed by atoms with Gasteiger partial charge in [0.1, 0.15) is 11.9 Å². The van der Waals surface area contributed by atoms with Crippen molar-refractivity contribution in [2.24, 2.45) is 5.41 Å². The van der Waals surface area contributed by atoms with Crippen molar-refractivity contribution in [1.82, 2.24) is 5.32 Å². The number of aliphatic carboxylic acids is 1. The molecule has 2 aliphatic heterocycles. The zero-order valence-corrected chi connectivity index (χ0v) is 18.6. The Balaban J connectivity index is 1.98. The van der Waals surface area contributed by atoms with Gasteiger partial charge in [-0.05, 0) is 41.2 Å². The summed E-state index contributed by atoms with van der Waals surface area (Å²) in [5.74, 6) is -2.20. The molecule has 0 bridgehead atoms. The summed E-state index contributed by atoms with van der Waals surface area (Å²) in [6, 6.07) is 9.27. The highest BCUT2D eigenvalue weighted by atomic mass is 35.5. The fraction of sp³-hybridized carbons (Fsp3) is 0.435. The second-order valence-corrected chi connectivity index (χ2v) is 10.3. The van der Waals surface area contributed by atoms with Crippen molar-refractivity contribution in [2.75, 3.05) is 11.9 Å². The van der Waals surface area contributed by atoms with Gasteiger partial charge in [0, 0.05) is 34.6 Å². The molecule has 30 heavy (non-hydrogen) atoms. The van der Waals surface area contributed by atoms with Crippen LogP contribution in [0.1, 0.15) is 44.2 Å². The largest absolute Gasteiger partial charge is 0.480 e. The number of benzene rings is 2. The van der Waals surface area contributed by atoms with E-state index in [9.17, 15) is 9.90 Å². The van der Waals surface area contributed by atoms with E-state index in [4.69, 9.17) is 23.2 Å². The molecule has 1 spiro atoms. The quantitative estimate of drug-likeness (QED) is 0.582. The van der Waals surface area contributed by atoms with Gasteiger partial charge in [-0.25, -0.2) is 4.39 Å². The average Bonchev–Trinajstić information content (AvgIpc) is 3.16. The summed E-state index contributed by atoms with van der Waals surface area (Å²) in [4.78, 5) is 12.3. The molecule has 0 radical (unpaired) electrons. The van der Waals surface area contributed by atoms with Gasteiger partial charge in [0.05, 0.1) is 5.02 Å². The van der Waals surface area contributed by atoms with Crippen molar-refractivity contribution in [2.45, 2.75) is 50.6 Å². The minimum absolute atomic E-state index is 0.00616. The highest BCUT2D eigenvalue weighted by molar-refractivity contribution is 6.31. The zero-order chi connectivity index (χ0) is 21.8. The first-order valence-electron chi connectivity index (χ1n) is 10.0. The molecule has 0 aromatic heterocycles. The van der Waals surface area contributed by atoms with Gasteiger partial charge in [-0.2, -0.15) is 0 Å². The van der Waals surface area contributed by atoms with Gasteiger partial charge < -0.3 is 15.7 Å². The number of nitrogens with one attached hydrogen (secondary N) is 2. The first kappa shape index (κ1) is 21.4. The van der Waals surface area contributed by atoms with Gasteiger partial charge in [0.25, 0.3) is 0 Å². The molecule has 4 atom stereocenters. The van der Waals surface area contributed by atoms with E-state index < -0.39 is 29.2 Å². The Morgan fingerprint density at radius 3 is 2.67 bits per heavy atom. The Hall–Kier alpha value is -1.82. The van der Waals surface area contributed by atoms with Crippen LogP contribution in [0, 0.1) is 11.2 Å². The molecule has 0 amide bonds. The lowest BCUT2D eigenvalue weighted by atomic mass is 9.63. The van der Waals surface area contributed by atoms with Crippen LogP contribution in [0.25, 0.3) is 0 Å². The van der Waals surface area contributed by atoms with Crippen molar-refractivity contribution in [3.05, 3.63) is 63.4 Å². The maximum Gasteiger partial charge on any atom is 0.321 e. The van der Waals surface area contributed by atoms with E-state index in [0.717, 1.165) is 17.7 Å². The molecule has 160 valence electrons. The van der Waals surface area contributed by atoms with Crippen LogP contribution in [0.5, 0.6) is 0 Å². The highest BCUT2D eigenvalue weighted by Gasteiger charge is 2.61. The number of rotatable bonds is 3. The summed E-state index contributed by atoms with van der Waals surface area (Å²) in [6.45, 7) is 6.85. The van der Waals surface area contributed by atoms with Gasteiger partial charge in [0.2, 0.25) is 0 Å². The summed E-state index contributed by atoms with van der Waals surface area (Å²) >= 11 is 12.3. The van der Waals surface area contributed by atoms with Crippen LogP contribution in [0.3, 0.4) is 0 Å². The monoisotopic (exact) mass is 450 g/mol. The minimum atomic E-state index is -1.00. The second kappa shape index (κ2) is 7.40. The number of carboxylic acid groups (broad SMARTS) is 1. The summed E-state index contributed by atoms with van der Waals surface area (Å²) in [7, 11) is 0. The van der Waals surface area contributed by atoms with Crippen molar-refractivity contribution < 1.29 is 14.3 Å². The molecule has 1 fully saturated rings. The lowest BCUT2D eigenvalue weighted by molar-refractivity contribution is -0.139. The summed E-state index contributed by atoms with van der Waals surface area (Å²) in [5, 5.41) is 17.4. The van der Waals surface area contributed by atoms with Gasteiger partial charge in [-0.15, -0.1) is 0 Å². The summed E-state index contributed by atoms with van der Waals surface area (Å²) in [5.41, 5.74) is 1.42. The Kier molecular flexibility index (Phi) is 5.28. The Labute approximate surface area is 185 Å². The van der Waals surface area contributed by atoms with Crippen LogP contribution in [-0.4, -0.2) is 29.7 Å². The van der Waals surface area contributed by atoms with Gasteiger partial charge >= 0.3 is 5.97 Å². The van der Waals surface area contributed by atoms with Crippen LogP contribution in [0.4, 0.5) is 10.1 Å². The predicted octanol–water partition coefficient (Wildman–Crippen LogP) is 5.44. The predicted molar refractivity (Wildman–Crippen MR) is 118 cm³/mol. The third-order valence-electron chi connectivity index (χ3n) is 6.34. The molecule has 1 saturated heterocycles. The first-order valence-corrected chi connectivity index (χ1v) is 10.8. The molecule has 7 heteroatoms. The number of anilines is 1. The van der Waals surface area contributed by atoms with Gasteiger partial charge in [0.15, 0.2) is 0 Å². The molecule has 4 nitrogen and oxygen atoms in total. The number of hydrogen-bond donors (Lipinski definition) is 3. The lowest BCUT2D eigenvalue weighted by Gasteiger charge is -2.39. The fourth-order valence-electron chi connectivity index (χ4n) is 5.25.